The van der Waals surface area contributed by atoms with Gasteiger partial charge in [0.05, 0.1) is 0 Å². The first-order chi connectivity index (χ1) is 12.6. The summed E-state index contributed by atoms with van der Waals surface area (Å²) in [5.74, 6) is -0.239. The molecule has 0 radical (unpaired) electrons. The maximum atomic E-state index is 12.8. The Bertz CT molecular complexity index is 754. The van der Waals surface area contributed by atoms with Gasteiger partial charge in [-0.3, -0.25) is 9.59 Å². The molecule has 1 saturated heterocycles. The number of hydrogen-bond donors (Lipinski definition) is 1. The molecule has 0 bridgehead atoms. The van der Waals surface area contributed by atoms with E-state index in [2.05, 4.69) is 5.32 Å². The van der Waals surface area contributed by atoms with Crippen molar-refractivity contribution in [2.75, 3.05) is 25.0 Å². The minimum atomic E-state index is -0.360. The lowest BCUT2D eigenvalue weighted by Crippen LogP contribution is -2.35. The van der Waals surface area contributed by atoms with E-state index in [4.69, 9.17) is 4.74 Å². The number of amides is 2. The maximum absolute atomic E-state index is 12.8. The van der Waals surface area contributed by atoms with Crippen molar-refractivity contribution in [1.82, 2.24) is 4.90 Å². The van der Waals surface area contributed by atoms with Crippen molar-refractivity contribution in [2.45, 2.75) is 19.3 Å². The first-order valence-corrected chi connectivity index (χ1v) is 8.69. The molecule has 136 valence electrons. The highest BCUT2D eigenvalue weighted by Gasteiger charge is 2.18. The van der Waals surface area contributed by atoms with E-state index >= 15 is 0 Å². The van der Waals surface area contributed by atoms with Crippen LogP contribution in [0.1, 0.15) is 29.6 Å². The van der Waals surface area contributed by atoms with Gasteiger partial charge in [-0.25, -0.2) is 4.39 Å². The Balaban J connectivity index is 1.50. The van der Waals surface area contributed by atoms with Gasteiger partial charge in [0.1, 0.15) is 11.6 Å². The minimum absolute atomic E-state index is 0.0298. The highest BCUT2D eigenvalue weighted by molar-refractivity contribution is 5.96. The molecule has 0 aliphatic carbocycles. The summed E-state index contributed by atoms with van der Waals surface area (Å²) >= 11 is 0. The van der Waals surface area contributed by atoms with Crippen LogP contribution in [-0.2, 0) is 4.79 Å². The Labute approximate surface area is 151 Å². The largest absolute Gasteiger partial charge is 0.484 e. The fourth-order valence-corrected chi connectivity index (χ4v) is 2.85. The summed E-state index contributed by atoms with van der Waals surface area (Å²) in [5, 5.41) is 2.71. The predicted molar refractivity (Wildman–Crippen MR) is 96.7 cm³/mol. The first-order valence-electron chi connectivity index (χ1n) is 8.69. The van der Waals surface area contributed by atoms with E-state index in [1.807, 2.05) is 4.90 Å². The SMILES string of the molecule is O=C(COc1ccc(F)cc1)Nc1ccc(C(=O)N2CCCCC2)cc1. The third-order valence-corrected chi connectivity index (χ3v) is 4.24. The molecule has 3 rings (SSSR count). The fraction of sp³-hybridized carbons (Fsp3) is 0.300. The summed E-state index contributed by atoms with van der Waals surface area (Å²) in [7, 11) is 0. The Morgan fingerprint density at radius 1 is 0.962 bits per heavy atom. The van der Waals surface area contributed by atoms with Crippen LogP contribution >= 0.6 is 0 Å². The highest BCUT2D eigenvalue weighted by atomic mass is 19.1. The maximum Gasteiger partial charge on any atom is 0.262 e. The number of anilines is 1. The number of halogens is 1. The van der Waals surface area contributed by atoms with Crippen LogP contribution in [0, 0.1) is 5.82 Å². The molecule has 1 fully saturated rings. The van der Waals surface area contributed by atoms with Crippen LogP contribution in [0.15, 0.2) is 48.5 Å². The zero-order chi connectivity index (χ0) is 18.4. The lowest BCUT2D eigenvalue weighted by atomic mass is 10.1. The topological polar surface area (TPSA) is 58.6 Å². The number of carbonyl (C=O) groups excluding carboxylic acids is 2. The second kappa shape index (κ2) is 8.47. The average molecular weight is 356 g/mol. The number of nitrogens with one attached hydrogen (secondary N) is 1. The standard InChI is InChI=1S/C20H21FN2O3/c21-16-6-10-18(11-7-16)26-14-19(24)22-17-8-4-15(5-9-17)20(25)23-12-2-1-3-13-23/h4-11H,1-3,12-14H2,(H,22,24). The Kier molecular flexibility index (Phi) is 5.84. The molecule has 26 heavy (non-hydrogen) atoms. The molecule has 2 amide bonds. The van der Waals surface area contributed by atoms with Crippen molar-refractivity contribution in [1.29, 1.82) is 0 Å². The van der Waals surface area contributed by atoms with Crippen LogP contribution in [0.2, 0.25) is 0 Å². The van der Waals surface area contributed by atoms with Gasteiger partial charge in [0.25, 0.3) is 11.8 Å². The smallest absolute Gasteiger partial charge is 0.262 e. The molecule has 2 aromatic rings. The summed E-state index contributed by atoms with van der Waals surface area (Å²) < 4.78 is 18.1. The highest BCUT2D eigenvalue weighted by Crippen LogP contribution is 2.16. The lowest BCUT2D eigenvalue weighted by molar-refractivity contribution is -0.118. The molecule has 1 heterocycles. The Hall–Kier alpha value is -2.89. The molecule has 0 atom stereocenters. The van der Waals surface area contributed by atoms with Crippen LogP contribution in [0.3, 0.4) is 0 Å². The molecular formula is C20H21FN2O3. The van der Waals surface area contributed by atoms with Gasteiger partial charge in [0, 0.05) is 24.3 Å². The molecule has 1 N–H and O–H groups in total. The molecule has 2 aromatic carbocycles. The molecule has 1 aliphatic rings. The van der Waals surface area contributed by atoms with Gasteiger partial charge >= 0.3 is 0 Å². The van der Waals surface area contributed by atoms with Gasteiger partial charge < -0.3 is 15.0 Å². The number of piperidine rings is 1. The number of nitrogens with zero attached hydrogens (tertiary/aromatic N) is 1. The predicted octanol–water partition coefficient (Wildman–Crippen LogP) is 3.47. The quantitative estimate of drug-likeness (QED) is 0.892. The summed E-state index contributed by atoms with van der Waals surface area (Å²) in [6.45, 7) is 1.43. The van der Waals surface area contributed by atoms with Crippen LogP contribution in [0.5, 0.6) is 5.75 Å². The summed E-state index contributed by atoms with van der Waals surface area (Å²) in [4.78, 5) is 26.2. The zero-order valence-electron chi connectivity index (χ0n) is 14.4. The van der Waals surface area contributed by atoms with Crippen molar-refractivity contribution < 1.29 is 18.7 Å². The third-order valence-electron chi connectivity index (χ3n) is 4.24. The normalized spacial score (nSPS) is 14.0. The lowest BCUT2D eigenvalue weighted by Gasteiger charge is -2.26. The molecule has 0 saturated carbocycles. The summed E-state index contributed by atoms with van der Waals surface area (Å²) in [6, 6.07) is 12.3. The second-order valence-electron chi connectivity index (χ2n) is 6.22. The van der Waals surface area contributed by atoms with Crippen molar-refractivity contribution in [3.63, 3.8) is 0 Å². The molecular weight excluding hydrogens is 335 g/mol. The number of rotatable bonds is 5. The number of ether oxygens (including phenoxy) is 1. The van der Waals surface area contributed by atoms with E-state index in [9.17, 15) is 14.0 Å². The molecule has 6 heteroatoms. The summed E-state index contributed by atoms with van der Waals surface area (Å²) in [6.07, 6.45) is 3.27. The first kappa shape index (κ1) is 17.9. The van der Waals surface area contributed by atoms with Crippen molar-refractivity contribution in [3.05, 3.63) is 59.9 Å². The van der Waals surface area contributed by atoms with Gasteiger partial charge in [-0.1, -0.05) is 0 Å². The van der Waals surface area contributed by atoms with E-state index < -0.39 is 0 Å². The molecule has 0 spiro atoms. The number of likely N-dealkylation sites (tertiary alicyclic amines) is 1. The monoisotopic (exact) mass is 356 g/mol. The zero-order valence-corrected chi connectivity index (χ0v) is 14.4. The van der Waals surface area contributed by atoms with Crippen molar-refractivity contribution in [3.8, 4) is 5.75 Å². The summed E-state index contributed by atoms with van der Waals surface area (Å²) in [5.41, 5.74) is 1.21. The van der Waals surface area contributed by atoms with Gasteiger partial charge in [0.15, 0.2) is 6.61 Å². The van der Waals surface area contributed by atoms with Crippen LogP contribution < -0.4 is 10.1 Å². The van der Waals surface area contributed by atoms with Crippen molar-refractivity contribution >= 4 is 17.5 Å². The van der Waals surface area contributed by atoms with E-state index in [-0.39, 0.29) is 24.2 Å². The number of benzene rings is 2. The van der Waals surface area contributed by atoms with Gasteiger partial charge in [-0.15, -0.1) is 0 Å². The van der Waals surface area contributed by atoms with Crippen molar-refractivity contribution in [2.24, 2.45) is 0 Å². The Morgan fingerprint density at radius 3 is 2.27 bits per heavy atom. The van der Waals surface area contributed by atoms with E-state index in [1.165, 1.54) is 30.7 Å². The average Bonchev–Trinajstić information content (AvgIpc) is 2.68. The van der Waals surface area contributed by atoms with Crippen LogP contribution in [0.25, 0.3) is 0 Å². The second-order valence-corrected chi connectivity index (χ2v) is 6.22. The number of carbonyl (C=O) groups is 2. The van der Waals surface area contributed by atoms with E-state index in [1.54, 1.807) is 24.3 Å². The molecule has 0 aromatic heterocycles. The molecule has 0 unspecified atom stereocenters. The van der Waals surface area contributed by atoms with Gasteiger partial charge in [0.2, 0.25) is 0 Å². The fourth-order valence-electron chi connectivity index (χ4n) is 2.85. The van der Waals surface area contributed by atoms with Crippen LogP contribution in [0.4, 0.5) is 10.1 Å². The van der Waals surface area contributed by atoms with Gasteiger partial charge in [-0.05, 0) is 67.8 Å². The minimum Gasteiger partial charge on any atom is -0.484 e. The van der Waals surface area contributed by atoms with E-state index in [0.29, 0.717) is 17.0 Å². The molecule has 5 nitrogen and oxygen atoms in total. The molecule has 1 aliphatic heterocycles. The Morgan fingerprint density at radius 2 is 1.62 bits per heavy atom. The third kappa shape index (κ3) is 4.81. The number of hydrogen-bond acceptors (Lipinski definition) is 3. The van der Waals surface area contributed by atoms with E-state index in [0.717, 1.165) is 25.9 Å². The van der Waals surface area contributed by atoms with Crippen LogP contribution in [-0.4, -0.2) is 36.4 Å². The van der Waals surface area contributed by atoms with Gasteiger partial charge in [-0.2, -0.15) is 0 Å².